The van der Waals surface area contributed by atoms with E-state index in [1.165, 1.54) is 57.5 Å². The molecule has 1 saturated carbocycles. The Balaban J connectivity index is 1.85. The number of nitrogens with zero attached hydrogens (tertiary/aromatic N) is 2. The van der Waals surface area contributed by atoms with Gasteiger partial charge in [-0.25, -0.2) is 0 Å². The average molecular weight is 377 g/mol. The first-order valence-electron chi connectivity index (χ1n) is 10.3. The van der Waals surface area contributed by atoms with Gasteiger partial charge in [-0.05, 0) is 66.7 Å². The largest absolute Gasteiger partial charge is 0.304 e. The van der Waals surface area contributed by atoms with E-state index >= 15 is 0 Å². The SMILES string of the molecule is CN1CCN(CC(c2cccc(Cl)c2)C2CC(C)(C)CC(C)(C)C2)CC1. The van der Waals surface area contributed by atoms with Gasteiger partial charge in [0.2, 0.25) is 0 Å². The lowest BCUT2D eigenvalue weighted by Gasteiger charge is -2.48. The lowest BCUT2D eigenvalue weighted by Crippen LogP contribution is -2.47. The molecule has 26 heavy (non-hydrogen) atoms. The second kappa shape index (κ2) is 7.81. The molecule has 0 spiro atoms. The minimum atomic E-state index is 0.422. The molecule has 0 amide bonds. The van der Waals surface area contributed by atoms with Gasteiger partial charge in [-0.3, -0.25) is 0 Å². The lowest BCUT2D eigenvalue weighted by molar-refractivity contribution is 0.0430. The van der Waals surface area contributed by atoms with Crippen molar-refractivity contribution in [3.63, 3.8) is 0 Å². The molecule has 0 aromatic heterocycles. The van der Waals surface area contributed by atoms with Crippen LogP contribution in [0.15, 0.2) is 24.3 Å². The van der Waals surface area contributed by atoms with Crippen molar-refractivity contribution in [1.29, 1.82) is 0 Å². The summed E-state index contributed by atoms with van der Waals surface area (Å²) in [4.78, 5) is 5.12. The van der Waals surface area contributed by atoms with Crippen molar-refractivity contribution >= 4 is 11.6 Å². The highest BCUT2D eigenvalue weighted by Crippen LogP contribution is 2.52. The van der Waals surface area contributed by atoms with E-state index in [1.807, 2.05) is 6.07 Å². The Bertz CT molecular complexity index is 586. The van der Waals surface area contributed by atoms with E-state index in [2.05, 4.69) is 62.7 Å². The van der Waals surface area contributed by atoms with Gasteiger partial charge < -0.3 is 9.80 Å². The molecule has 3 rings (SSSR count). The van der Waals surface area contributed by atoms with Gasteiger partial charge in [0.25, 0.3) is 0 Å². The molecule has 2 fully saturated rings. The van der Waals surface area contributed by atoms with Crippen LogP contribution in [0.25, 0.3) is 0 Å². The highest BCUT2D eigenvalue weighted by molar-refractivity contribution is 6.30. The normalized spacial score (nSPS) is 25.9. The molecule has 1 aliphatic heterocycles. The van der Waals surface area contributed by atoms with Crippen molar-refractivity contribution in [3.8, 4) is 0 Å². The molecule has 0 radical (unpaired) electrons. The number of hydrogen-bond donors (Lipinski definition) is 0. The first-order chi connectivity index (χ1) is 12.1. The van der Waals surface area contributed by atoms with E-state index < -0.39 is 0 Å². The number of rotatable bonds is 4. The van der Waals surface area contributed by atoms with Crippen molar-refractivity contribution in [2.75, 3.05) is 39.8 Å². The second-order valence-electron chi connectivity index (χ2n) is 10.4. The summed E-state index contributed by atoms with van der Waals surface area (Å²) in [5.41, 5.74) is 2.28. The molecule has 1 saturated heterocycles. The summed E-state index contributed by atoms with van der Waals surface area (Å²) in [7, 11) is 2.23. The van der Waals surface area contributed by atoms with Gasteiger partial charge in [0.1, 0.15) is 0 Å². The Morgan fingerprint density at radius 1 is 1.04 bits per heavy atom. The molecule has 1 heterocycles. The van der Waals surface area contributed by atoms with E-state index in [4.69, 9.17) is 11.6 Å². The van der Waals surface area contributed by atoms with Crippen molar-refractivity contribution in [1.82, 2.24) is 9.80 Å². The molecule has 3 heteroatoms. The van der Waals surface area contributed by atoms with Crippen LogP contribution in [-0.4, -0.2) is 49.6 Å². The fraction of sp³-hybridized carbons (Fsp3) is 0.739. The Morgan fingerprint density at radius 3 is 2.23 bits per heavy atom. The highest BCUT2D eigenvalue weighted by Gasteiger charge is 2.42. The van der Waals surface area contributed by atoms with Crippen LogP contribution < -0.4 is 0 Å². The van der Waals surface area contributed by atoms with Crippen LogP contribution in [0.1, 0.15) is 58.4 Å². The first-order valence-corrected chi connectivity index (χ1v) is 10.7. The quantitative estimate of drug-likeness (QED) is 0.682. The van der Waals surface area contributed by atoms with Crippen molar-refractivity contribution in [2.45, 2.75) is 52.9 Å². The zero-order chi connectivity index (χ0) is 18.9. The minimum Gasteiger partial charge on any atom is -0.304 e. The molecular weight excluding hydrogens is 340 g/mol. The predicted octanol–water partition coefficient (Wildman–Crippen LogP) is 5.52. The van der Waals surface area contributed by atoms with Gasteiger partial charge in [0.05, 0.1) is 0 Å². The standard InChI is InChI=1S/C23H37ClN2/c1-22(2)14-19(15-23(3,4)17-22)21(18-7-6-8-20(24)13-18)16-26-11-9-25(5)10-12-26/h6-8,13,19,21H,9-12,14-17H2,1-5H3. The van der Waals surface area contributed by atoms with Gasteiger partial charge in [-0.15, -0.1) is 0 Å². The molecular formula is C23H37ClN2. The van der Waals surface area contributed by atoms with Crippen LogP contribution in [0.4, 0.5) is 0 Å². The molecule has 2 nitrogen and oxygen atoms in total. The van der Waals surface area contributed by atoms with Gasteiger partial charge in [-0.1, -0.05) is 51.4 Å². The van der Waals surface area contributed by atoms with Crippen LogP contribution in [-0.2, 0) is 0 Å². The number of benzene rings is 1. The molecule has 1 unspecified atom stereocenters. The smallest absolute Gasteiger partial charge is 0.0408 e. The van der Waals surface area contributed by atoms with E-state index in [1.54, 1.807) is 0 Å². The number of halogens is 1. The van der Waals surface area contributed by atoms with E-state index in [9.17, 15) is 0 Å². The Labute approximate surface area is 165 Å². The Hall–Kier alpha value is -0.570. The predicted molar refractivity (Wildman–Crippen MR) is 113 cm³/mol. The maximum atomic E-state index is 6.38. The third-order valence-electron chi connectivity index (χ3n) is 6.48. The van der Waals surface area contributed by atoms with Crippen LogP contribution in [0, 0.1) is 16.7 Å². The molecule has 1 aromatic rings. The van der Waals surface area contributed by atoms with E-state index in [0.717, 1.165) is 10.9 Å². The molecule has 2 aliphatic rings. The monoisotopic (exact) mass is 376 g/mol. The minimum absolute atomic E-state index is 0.422. The average Bonchev–Trinajstić information content (AvgIpc) is 2.51. The Morgan fingerprint density at radius 2 is 1.65 bits per heavy atom. The first kappa shape index (κ1) is 20.2. The number of likely N-dealkylation sites (N-methyl/N-ethyl adjacent to an activating group) is 1. The highest BCUT2D eigenvalue weighted by atomic mass is 35.5. The van der Waals surface area contributed by atoms with E-state index in [0.29, 0.717) is 16.7 Å². The van der Waals surface area contributed by atoms with Crippen molar-refractivity contribution in [3.05, 3.63) is 34.9 Å². The second-order valence-corrected chi connectivity index (χ2v) is 10.9. The zero-order valence-electron chi connectivity index (χ0n) is 17.4. The summed E-state index contributed by atoms with van der Waals surface area (Å²) in [6, 6.07) is 8.67. The van der Waals surface area contributed by atoms with Crippen LogP contribution in [0.5, 0.6) is 0 Å². The third kappa shape index (κ3) is 5.24. The fourth-order valence-electron chi connectivity index (χ4n) is 5.79. The fourth-order valence-corrected chi connectivity index (χ4v) is 5.99. The molecule has 1 aromatic carbocycles. The summed E-state index contributed by atoms with van der Waals surface area (Å²) in [6.45, 7) is 15.8. The summed E-state index contributed by atoms with van der Waals surface area (Å²) in [5.74, 6) is 1.31. The number of hydrogen-bond acceptors (Lipinski definition) is 2. The Kier molecular flexibility index (Phi) is 6.06. The van der Waals surface area contributed by atoms with Gasteiger partial charge in [0.15, 0.2) is 0 Å². The number of piperazine rings is 1. The summed E-state index contributed by atoms with van der Waals surface area (Å²) in [6.07, 6.45) is 3.97. The van der Waals surface area contributed by atoms with Crippen LogP contribution in [0.2, 0.25) is 5.02 Å². The molecule has 146 valence electrons. The lowest BCUT2D eigenvalue weighted by atomic mass is 9.58. The van der Waals surface area contributed by atoms with Gasteiger partial charge >= 0.3 is 0 Å². The molecule has 1 atom stereocenters. The van der Waals surface area contributed by atoms with Crippen LogP contribution >= 0.6 is 11.6 Å². The van der Waals surface area contributed by atoms with Crippen molar-refractivity contribution in [2.24, 2.45) is 16.7 Å². The summed E-state index contributed by atoms with van der Waals surface area (Å²) < 4.78 is 0. The molecule has 0 bridgehead atoms. The van der Waals surface area contributed by atoms with Crippen molar-refractivity contribution < 1.29 is 0 Å². The maximum Gasteiger partial charge on any atom is 0.0408 e. The van der Waals surface area contributed by atoms with Gasteiger partial charge in [-0.2, -0.15) is 0 Å². The third-order valence-corrected chi connectivity index (χ3v) is 6.72. The topological polar surface area (TPSA) is 6.48 Å². The van der Waals surface area contributed by atoms with E-state index in [-0.39, 0.29) is 0 Å². The summed E-state index contributed by atoms with van der Waals surface area (Å²) >= 11 is 6.38. The van der Waals surface area contributed by atoms with Crippen LogP contribution in [0.3, 0.4) is 0 Å². The van der Waals surface area contributed by atoms with Gasteiger partial charge in [0, 0.05) is 37.7 Å². The maximum absolute atomic E-state index is 6.38. The molecule has 1 aliphatic carbocycles. The zero-order valence-corrected chi connectivity index (χ0v) is 18.1. The summed E-state index contributed by atoms with van der Waals surface area (Å²) in [5, 5.41) is 0.875. The molecule has 0 N–H and O–H groups in total.